The average molecular weight is 298 g/mol. The van der Waals surface area contributed by atoms with Gasteiger partial charge in [0.25, 0.3) is 0 Å². The number of nitrogens with one attached hydrogen (secondary N) is 2. The lowest BCUT2D eigenvalue weighted by Gasteiger charge is -2.22. The summed E-state index contributed by atoms with van der Waals surface area (Å²) in [5.74, 6) is 0. The molecule has 21 heavy (non-hydrogen) atoms. The van der Waals surface area contributed by atoms with Crippen molar-refractivity contribution in [3.05, 3.63) is 0 Å². The van der Waals surface area contributed by atoms with Gasteiger partial charge in [0.05, 0.1) is 6.10 Å². The Morgan fingerprint density at radius 2 is 1.62 bits per heavy atom. The number of hydrogen-bond acceptors (Lipinski definition) is 4. The number of amides is 1. The predicted octanol–water partition coefficient (Wildman–Crippen LogP) is 2.59. The van der Waals surface area contributed by atoms with Crippen LogP contribution < -0.4 is 10.6 Å². The third-order valence-corrected chi connectivity index (χ3v) is 4.34. The van der Waals surface area contributed by atoms with E-state index < -0.39 is 5.60 Å². The monoisotopic (exact) mass is 298 g/mol. The summed E-state index contributed by atoms with van der Waals surface area (Å²) in [5, 5.41) is 6.71. The summed E-state index contributed by atoms with van der Waals surface area (Å²) in [7, 11) is 1.80. The van der Waals surface area contributed by atoms with E-state index in [9.17, 15) is 4.79 Å². The fourth-order valence-corrected chi connectivity index (χ4v) is 3.38. The van der Waals surface area contributed by atoms with E-state index in [2.05, 4.69) is 10.6 Å². The fraction of sp³-hybridized carbons (Fsp3) is 0.938. The van der Waals surface area contributed by atoms with E-state index >= 15 is 0 Å². The zero-order chi connectivity index (χ0) is 15.5. The zero-order valence-corrected chi connectivity index (χ0v) is 13.8. The minimum Gasteiger partial charge on any atom is -0.444 e. The second-order valence-electron chi connectivity index (χ2n) is 7.39. The van der Waals surface area contributed by atoms with Crippen molar-refractivity contribution in [3.8, 4) is 0 Å². The van der Waals surface area contributed by atoms with Gasteiger partial charge >= 0.3 is 6.09 Å². The summed E-state index contributed by atoms with van der Waals surface area (Å²) >= 11 is 0. The van der Waals surface area contributed by atoms with Crippen LogP contribution in [0.15, 0.2) is 0 Å². The van der Waals surface area contributed by atoms with E-state index in [1.807, 2.05) is 20.8 Å². The van der Waals surface area contributed by atoms with E-state index in [-0.39, 0.29) is 12.1 Å². The molecule has 122 valence electrons. The van der Waals surface area contributed by atoms with E-state index in [0.717, 1.165) is 32.1 Å². The summed E-state index contributed by atoms with van der Waals surface area (Å²) in [6, 6.07) is 1.31. The minimum atomic E-state index is -0.431. The van der Waals surface area contributed by atoms with Crippen LogP contribution in [-0.2, 0) is 9.47 Å². The lowest BCUT2D eigenvalue weighted by molar-refractivity contribution is 0.0505. The van der Waals surface area contributed by atoms with Crippen LogP contribution in [0.1, 0.15) is 59.3 Å². The molecule has 0 bridgehead atoms. The zero-order valence-electron chi connectivity index (χ0n) is 13.8. The van der Waals surface area contributed by atoms with Crippen LogP contribution in [0.25, 0.3) is 0 Å². The van der Waals surface area contributed by atoms with Gasteiger partial charge in [0.15, 0.2) is 0 Å². The molecule has 2 aliphatic carbocycles. The molecule has 2 rings (SSSR count). The van der Waals surface area contributed by atoms with Gasteiger partial charge in [-0.3, -0.25) is 0 Å². The Morgan fingerprint density at radius 3 is 2.24 bits per heavy atom. The molecule has 4 unspecified atom stereocenters. The molecule has 0 heterocycles. The Hall–Kier alpha value is -0.810. The van der Waals surface area contributed by atoms with Gasteiger partial charge in [-0.1, -0.05) is 0 Å². The van der Waals surface area contributed by atoms with E-state index in [4.69, 9.17) is 9.47 Å². The number of carbonyl (C=O) groups excluding carboxylic acids is 1. The topological polar surface area (TPSA) is 59.6 Å². The second kappa shape index (κ2) is 6.97. The Kier molecular flexibility index (Phi) is 5.49. The minimum absolute atomic E-state index is 0.233. The van der Waals surface area contributed by atoms with Gasteiger partial charge in [-0.05, 0) is 59.3 Å². The van der Waals surface area contributed by atoms with Gasteiger partial charge in [0, 0.05) is 25.2 Å². The van der Waals surface area contributed by atoms with Crippen molar-refractivity contribution < 1.29 is 14.3 Å². The molecule has 0 aliphatic heterocycles. The highest BCUT2D eigenvalue weighted by molar-refractivity contribution is 5.68. The molecular formula is C16H30N2O3. The third-order valence-electron chi connectivity index (χ3n) is 4.34. The van der Waals surface area contributed by atoms with Crippen molar-refractivity contribution in [2.24, 2.45) is 0 Å². The quantitative estimate of drug-likeness (QED) is 0.837. The largest absolute Gasteiger partial charge is 0.444 e. The van der Waals surface area contributed by atoms with E-state index in [1.165, 1.54) is 6.42 Å². The van der Waals surface area contributed by atoms with Crippen molar-refractivity contribution in [3.63, 3.8) is 0 Å². The van der Waals surface area contributed by atoms with Crippen molar-refractivity contribution in [1.29, 1.82) is 0 Å². The standard InChI is InChI=1S/C16H30N2O3/c1-16(2,3)21-15(19)18-12-6-5-11(9-12)17-13-7-8-14(10-13)20-4/h11-14,17H,5-10H2,1-4H3,(H,18,19). The molecule has 1 amide bonds. The molecule has 2 N–H and O–H groups in total. The lowest BCUT2D eigenvalue weighted by atomic mass is 10.1. The molecule has 0 aromatic heterocycles. The number of hydrogen-bond donors (Lipinski definition) is 2. The smallest absolute Gasteiger partial charge is 0.407 e. The molecule has 5 nitrogen and oxygen atoms in total. The molecule has 0 saturated heterocycles. The first-order valence-electron chi connectivity index (χ1n) is 8.14. The molecule has 0 radical (unpaired) electrons. The lowest BCUT2D eigenvalue weighted by Crippen LogP contribution is -2.40. The molecule has 2 saturated carbocycles. The van der Waals surface area contributed by atoms with Crippen LogP contribution in [0, 0.1) is 0 Å². The molecule has 5 heteroatoms. The summed E-state index contributed by atoms with van der Waals surface area (Å²) in [5.41, 5.74) is -0.431. The van der Waals surface area contributed by atoms with Crippen LogP contribution in [0.5, 0.6) is 0 Å². The average Bonchev–Trinajstić information content (AvgIpc) is 2.97. The first kappa shape index (κ1) is 16.6. The molecule has 2 fully saturated rings. The Balaban J connectivity index is 1.68. The Bertz CT molecular complexity index is 354. The second-order valence-corrected chi connectivity index (χ2v) is 7.39. The van der Waals surface area contributed by atoms with Crippen LogP contribution >= 0.6 is 0 Å². The van der Waals surface area contributed by atoms with Crippen LogP contribution in [0.3, 0.4) is 0 Å². The van der Waals surface area contributed by atoms with Gasteiger partial charge in [-0.25, -0.2) is 4.79 Å². The van der Waals surface area contributed by atoms with Crippen molar-refractivity contribution in [1.82, 2.24) is 10.6 Å². The van der Waals surface area contributed by atoms with Crippen LogP contribution in [-0.4, -0.2) is 43.0 Å². The Morgan fingerprint density at radius 1 is 1.00 bits per heavy atom. The molecule has 2 aliphatic rings. The molecule has 0 aromatic rings. The molecule has 0 aromatic carbocycles. The summed E-state index contributed by atoms with van der Waals surface area (Å²) in [6.45, 7) is 5.66. The SMILES string of the molecule is COC1CCC(NC2CCC(NC(=O)OC(C)(C)C)C2)C1. The highest BCUT2D eigenvalue weighted by atomic mass is 16.6. The van der Waals surface area contributed by atoms with Gasteiger partial charge in [0.1, 0.15) is 5.60 Å². The fourth-order valence-electron chi connectivity index (χ4n) is 3.38. The summed E-state index contributed by atoms with van der Waals surface area (Å²) in [4.78, 5) is 11.8. The van der Waals surface area contributed by atoms with E-state index in [0.29, 0.717) is 18.2 Å². The first-order valence-corrected chi connectivity index (χ1v) is 8.14. The number of alkyl carbamates (subject to hydrolysis) is 1. The third kappa shape index (κ3) is 5.47. The van der Waals surface area contributed by atoms with Crippen molar-refractivity contribution >= 4 is 6.09 Å². The van der Waals surface area contributed by atoms with Gasteiger partial charge in [-0.15, -0.1) is 0 Å². The van der Waals surface area contributed by atoms with Crippen molar-refractivity contribution in [2.75, 3.05) is 7.11 Å². The number of ether oxygens (including phenoxy) is 2. The number of rotatable bonds is 4. The van der Waals surface area contributed by atoms with E-state index in [1.54, 1.807) is 7.11 Å². The first-order chi connectivity index (χ1) is 9.85. The molecule has 0 spiro atoms. The Labute approximate surface area is 128 Å². The summed E-state index contributed by atoms with van der Waals surface area (Å²) < 4.78 is 10.7. The number of methoxy groups -OCH3 is 1. The molecule has 4 atom stereocenters. The predicted molar refractivity (Wildman–Crippen MR) is 82.4 cm³/mol. The maximum Gasteiger partial charge on any atom is 0.407 e. The molecular weight excluding hydrogens is 268 g/mol. The highest BCUT2D eigenvalue weighted by Crippen LogP contribution is 2.26. The number of carbonyl (C=O) groups is 1. The van der Waals surface area contributed by atoms with Crippen LogP contribution in [0.2, 0.25) is 0 Å². The normalized spacial score (nSPS) is 33.1. The van der Waals surface area contributed by atoms with Gasteiger partial charge < -0.3 is 20.1 Å². The highest BCUT2D eigenvalue weighted by Gasteiger charge is 2.31. The maximum atomic E-state index is 11.8. The van der Waals surface area contributed by atoms with Gasteiger partial charge in [-0.2, -0.15) is 0 Å². The summed E-state index contributed by atoms with van der Waals surface area (Å²) in [6.07, 6.45) is 6.71. The van der Waals surface area contributed by atoms with Crippen molar-refractivity contribution in [2.45, 2.75) is 89.1 Å². The maximum absolute atomic E-state index is 11.8. The van der Waals surface area contributed by atoms with Crippen LogP contribution in [0.4, 0.5) is 4.79 Å². The van der Waals surface area contributed by atoms with Gasteiger partial charge in [0.2, 0.25) is 0 Å².